The zero-order valence-electron chi connectivity index (χ0n) is 23.0. The first kappa shape index (κ1) is 27.4. The van der Waals surface area contributed by atoms with Crippen LogP contribution in [0.1, 0.15) is 51.9 Å². The van der Waals surface area contributed by atoms with Crippen LogP contribution in [0.2, 0.25) is 0 Å². The van der Waals surface area contributed by atoms with E-state index in [0.29, 0.717) is 6.42 Å². The number of carbonyl (C=O) groups excluding carboxylic acids is 2. The molecule has 0 spiro atoms. The topological polar surface area (TPSA) is 65.5 Å². The van der Waals surface area contributed by atoms with E-state index in [1.165, 1.54) is 11.9 Å². The number of amides is 1. The van der Waals surface area contributed by atoms with Gasteiger partial charge in [0.1, 0.15) is 0 Å². The van der Waals surface area contributed by atoms with E-state index < -0.39 is 0 Å². The molecule has 6 rings (SSSR count). The summed E-state index contributed by atoms with van der Waals surface area (Å²) in [5.41, 5.74) is 2.61. The van der Waals surface area contributed by atoms with Crippen molar-refractivity contribution in [2.45, 2.75) is 33.1 Å². The summed E-state index contributed by atoms with van der Waals surface area (Å²) in [6, 6.07) is 19.8. The van der Waals surface area contributed by atoms with Crippen molar-refractivity contribution >= 4 is 44.0 Å². The van der Waals surface area contributed by atoms with Gasteiger partial charge in [-0.3, -0.25) is 9.59 Å². The molecule has 3 aromatic carbocycles. The number of likely N-dealkylation sites (tertiary alicyclic amines) is 1. The molecule has 2 aliphatic heterocycles. The molecule has 1 amide bonds. The Hall–Kier alpha value is -3.13. The molecule has 0 unspecified atom stereocenters. The molecule has 0 radical (unpaired) electrons. The third-order valence-electron chi connectivity index (χ3n) is 7.76. The Morgan fingerprint density at radius 2 is 1.64 bits per heavy atom. The number of carbonyl (C=O) groups is 2. The number of fused-ring (bicyclic) bond motifs is 2. The van der Waals surface area contributed by atoms with Gasteiger partial charge in [-0.1, -0.05) is 43.3 Å². The van der Waals surface area contributed by atoms with Gasteiger partial charge < -0.3 is 15.1 Å². The van der Waals surface area contributed by atoms with Crippen LogP contribution in [0.3, 0.4) is 0 Å². The summed E-state index contributed by atoms with van der Waals surface area (Å²) < 4.78 is 1.11. The fourth-order valence-electron chi connectivity index (χ4n) is 5.50. The number of Topliss-reactive ketones (excluding diaryl/α,β-unsaturated/α-hetero) is 1. The average Bonchev–Trinajstić information content (AvgIpc) is 3.36. The Morgan fingerprint density at radius 1 is 0.923 bits per heavy atom. The van der Waals surface area contributed by atoms with Crippen molar-refractivity contribution in [2.24, 2.45) is 5.92 Å². The van der Waals surface area contributed by atoms with Crippen LogP contribution in [0, 0.1) is 12.8 Å². The number of hydrogen-bond donors (Lipinski definition) is 1. The van der Waals surface area contributed by atoms with Crippen LogP contribution in [0.5, 0.6) is 0 Å². The lowest BCUT2D eigenvalue weighted by atomic mass is 9.95. The Kier molecular flexibility index (Phi) is 9.02. The van der Waals surface area contributed by atoms with Crippen LogP contribution in [0.4, 0.5) is 0 Å². The summed E-state index contributed by atoms with van der Waals surface area (Å²) in [5.74, 6) is 1.11. The van der Waals surface area contributed by atoms with Gasteiger partial charge in [-0.05, 0) is 60.7 Å². The van der Waals surface area contributed by atoms with Crippen LogP contribution in [0.25, 0.3) is 21.0 Å². The molecule has 7 heteroatoms. The first-order valence-corrected chi connectivity index (χ1v) is 14.9. The Bertz CT molecular complexity index is 1430. The third kappa shape index (κ3) is 6.90. The molecule has 0 bridgehead atoms. The molecule has 0 aliphatic carbocycles. The zero-order chi connectivity index (χ0) is 27.2. The van der Waals surface area contributed by atoms with Gasteiger partial charge in [-0.25, -0.2) is 4.98 Å². The summed E-state index contributed by atoms with van der Waals surface area (Å²) in [7, 11) is 0. The molecule has 2 aliphatic rings. The molecular formula is C32H38N4O2S. The lowest BCUT2D eigenvalue weighted by Crippen LogP contribution is -2.47. The number of rotatable bonds is 5. The second kappa shape index (κ2) is 12.8. The quantitative estimate of drug-likeness (QED) is 0.323. The molecule has 2 saturated heterocycles. The standard InChI is InChI=1S/C19H26N4OS.C13H12O/c1-14-21-17-3-2-16(12-18(17)25-14)19(24)23-8-4-15(5-9-23)13-22-10-6-20-7-11-22;1-2-13(14)12-8-7-10-5-3-4-6-11(10)9-12/h2-3,12,15,20H,4-11,13H2,1H3;3-9H,2H2,1H3. The van der Waals surface area contributed by atoms with Crippen molar-refractivity contribution in [3.63, 3.8) is 0 Å². The van der Waals surface area contributed by atoms with E-state index in [1.54, 1.807) is 11.3 Å². The van der Waals surface area contributed by atoms with Crippen molar-refractivity contribution in [2.75, 3.05) is 45.8 Å². The highest BCUT2D eigenvalue weighted by molar-refractivity contribution is 7.18. The minimum absolute atomic E-state index is 0.175. The third-order valence-corrected chi connectivity index (χ3v) is 8.70. The molecule has 0 saturated carbocycles. The lowest BCUT2D eigenvalue weighted by Gasteiger charge is -2.36. The van der Waals surface area contributed by atoms with E-state index in [4.69, 9.17) is 0 Å². The van der Waals surface area contributed by atoms with E-state index in [-0.39, 0.29) is 11.7 Å². The fraction of sp³-hybridized carbons (Fsp3) is 0.406. The summed E-state index contributed by atoms with van der Waals surface area (Å²) in [4.78, 5) is 33.4. The number of ketones is 1. The van der Waals surface area contributed by atoms with Crippen LogP contribution in [0.15, 0.2) is 60.7 Å². The van der Waals surface area contributed by atoms with Gasteiger partial charge in [0.25, 0.3) is 5.91 Å². The summed E-state index contributed by atoms with van der Waals surface area (Å²) >= 11 is 1.66. The number of aryl methyl sites for hydroxylation is 1. The van der Waals surface area contributed by atoms with Crippen molar-refractivity contribution in [3.05, 3.63) is 76.8 Å². The predicted octanol–water partition coefficient (Wildman–Crippen LogP) is 5.79. The smallest absolute Gasteiger partial charge is 0.253 e. The average molecular weight is 543 g/mol. The van der Waals surface area contributed by atoms with Crippen LogP contribution < -0.4 is 5.32 Å². The maximum atomic E-state index is 12.8. The fourth-order valence-corrected chi connectivity index (χ4v) is 6.37. The molecule has 1 N–H and O–H groups in total. The normalized spacial score (nSPS) is 16.7. The van der Waals surface area contributed by atoms with Crippen molar-refractivity contribution < 1.29 is 9.59 Å². The molecule has 6 nitrogen and oxygen atoms in total. The number of piperidine rings is 1. The Morgan fingerprint density at radius 3 is 2.38 bits per heavy atom. The van der Waals surface area contributed by atoms with E-state index in [0.717, 1.165) is 89.8 Å². The molecule has 3 heterocycles. The molecule has 39 heavy (non-hydrogen) atoms. The van der Waals surface area contributed by atoms with Gasteiger partial charge in [0, 0.05) is 63.4 Å². The zero-order valence-corrected chi connectivity index (χ0v) is 23.8. The molecule has 4 aromatic rings. The highest BCUT2D eigenvalue weighted by Crippen LogP contribution is 2.25. The second-order valence-electron chi connectivity index (χ2n) is 10.5. The number of nitrogens with zero attached hydrogens (tertiary/aromatic N) is 3. The van der Waals surface area contributed by atoms with Crippen LogP contribution in [-0.4, -0.2) is 72.3 Å². The Labute approximate surface area is 235 Å². The monoisotopic (exact) mass is 542 g/mol. The number of benzene rings is 3. The van der Waals surface area contributed by atoms with Crippen molar-refractivity contribution in [1.82, 2.24) is 20.1 Å². The molecular weight excluding hydrogens is 504 g/mol. The maximum absolute atomic E-state index is 12.8. The van der Waals surface area contributed by atoms with E-state index in [9.17, 15) is 9.59 Å². The highest BCUT2D eigenvalue weighted by atomic mass is 32.1. The minimum atomic E-state index is 0.175. The maximum Gasteiger partial charge on any atom is 0.253 e. The number of nitrogens with one attached hydrogen (secondary N) is 1. The van der Waals surface area contributed by atoms with Crippen molar-refractivity contribution in [1.29, 1.82) is 0 Å². The van der Waals surface area contributed by atoms with Gasteiger partial charge in [0.05, 0.1) is 15.2 Å². The van der Waals surface area contributed by atoms with Crippen LogP contribution >= 0.6 is 11.3 Å². The van der Waals surface area contributed by atoms with Crippen LogP contribution in [-0.2, 0) is 0 Å². The van der Waals surface area contributed by atoms with Gasteiger partial charge in [0.2, 0.25) is 0 Å². The minimum Gasteiger partial charge on any atom is -0.339 e. The van der Waals surface area contributed by atoms with Gasteiger partial charge >= 0.3 is 0 Å². The van der Waals surface area contributed by atoms with Gasteiger partial charge in [-0.15, -0.1) is 11.3 Å². The lowest BCUT2D eigenvalue weighted by molar-refractivity contribution is 0.0663. The van der Waals surface area contributed by atoms with E-state index >= 15 is 0 Å². The largest absolute Gasteiger partial charge is 0.339 e. The number of piperazine rings is 1. The summed E-state index contributed by atoms with van der Waals surface area (Å²) in [6.45, 7) is 11.4. The molecule has 2 fully saturated rings. The van der Waals surface area contributed by atoms with Crippen molar-refractivity contribution in [3.8, 4) is 0 Å². The van der Waals surface area contributed by atoms with Gasteiger partial charge in [0.15, 0.2) is 5.78 Å². The highest BCUT2D eigenvalue weighted by Gasteiger charge is 2.25. The molecule has 204 valence electrons. The predicted molar refractivity (Wildman–Crippen MR) is 161 cm³/mol. The number of aromatic nitrogens is 1. The summed E-state index contributed by atoms with van der Waals surface area (Å²) in [6.07, 6.45) is 2.81. The molecule has 1 aromatic heterocycles. The van der Waals surface area contributed by atoms with Gasteiger partial charge in [-0.2, -0.15) is 0 Å². The SMILES string of the molecule is CCC(=O)c1ccc2ccccc2c1.Cc1nc2ccc(C(=O)N3CCC(CN4CCNCC4)CC3)cc2s1. The Balaban J connectivity index is 0.000000186. The number of thiazole rings is 1. The summed E-state index contributed by atoms with van der Waals surface area (Å²) in [5, 5.41) is 6.77. The first-order valence-electron chi connectivity index (χ1n) is 14.1. The second-order valence-corrected chi connectivity index (χ2v) is 11.8. The van der Waals surface area contributed by atoms with E-state index in [1.807, 2.05) is 73.3 Å². The van der Waals surface area contributed by atoms with E-state index in [2.05, 4.69) is 21.3 Å². The first-order chi connectivity index (χ1) is 19.0. The number of hydrogen-bond acceptors (Lipinski definition) is 6. The molecule has 0 atom stereocenters.